The molecular formula is C50H93N5O16. The number of carbonyl (C=O) groups excluding carboxylic acids is 5. The van der Waals surface area contributed by atoms with Gasteiger partial charge in [-0.2, -0.15) is 0 Å². The van der Waals surface area contributed by atoms with Crippen LogP contribution in [0.15, 0.2) is 0 Å². The summed E-state index contributed by atoms with van der Waals surface area (Å²) in [7, 11) is 1.69. The molecule has 71 heavy (non-hydrogen) atoms. The van der Waals surface area contributed by atoms with Crippen LogP contribution in [0.3, 0.4) is 0 Å². The lowest BCUT2D eigenvalue weighted by Gasteiger charge is -2.40. The Morgan fingerprint density at radius 1 is 0.549 bits per heavy atom. The van der Waals surface area contributed by atoms with Crippen molar-refractivity contribution in [3.05, 3.63) is 0 Å². The maximum absolute atomic E-state index is 14.0. The Morgan fingerprint density at radius 3 is 1.52 bits per heavy atom. The lowest BCUT2D eigenvalue weighted by Crippen LogP contribution is -2.55. The average Bonchev–Trinajstić information content (AvgIpc) is 3.35. The van der Waals surface area contributed by atoms with Gasteiger partial charge in [0.15, 0.2) is 18.4 Å². The summed E-state index contributed by atoms with van der Waals surface area (Å²) in [4.78, 5) is 65.7. The number of Topliss-reactive ketones (excluding diaryl/α,β-unsaturated/α-hetero) is 1. The second kappa shape index (κ2) is 38.6. The van der Waals surface area contributed by atoms with E-state index in [1.54, 1.807) is 21.0 Å². The van der Waals surface area contributed by atoms with E-state index in [2.05, 4.69) is 21.3 Å². The van der Waals surface area contributed by atoms with Crippen LogP contribution < -0.4 is 27.0 Å². The summed E-state index contributed by atoms with van der Waals surface area (Å²) in [5.41, 5.74) is 5.76. The molecule has 0 aromatic heterocycles. The molecule has 2 rings (SSSR count). The minimum Gasteiger partial charge on any atom is -0.394 e. The lowest BCUT2D eigenvalue weighted by atomic mass is 9.91. The number of carbonyl (C=O) groups is 5. The first-order valence-corrected chi connectivity index (χ1v) is 26.5. The summed E-state index contributed by atoms with van der Waals surface area (Å²) in [6, 6.07) is -0.867. The van der Waals surface area contributed by atoms with Crippen LogP contribution >= 0.6 is 0 Å². The monoisotopic (exact) mass is 1020 g/mol. The number of nitrogens with two attached hydrogens (primary N) is 1. The molecule has 21 heteroatoms. The van der Waals surface area contributed by atoms with Crippen LogP contribution in [-0.2, 0) is 47.7 Å². The number of nitrogens with one attached hydrogen (secondary N) is 4. The molecule has 21 nitrogen and oxygen atoms in total. The fourth-order valence-electron chi connectivity index (χ4n) is 8.60. The number of ketones is 1. The number of aliphatic hydroxyl groups is 6. The first kappa shape index (κ1) is 64.2. The molecule has 2 saturated heterocycles. The molecule has 0 aromatic carbocycles. The van der Waals surface area contributed by atoms with Crippen LogP contribution in [-0.4, -0.2) is 182 Å². The third-order valence-electron chi connectivity index (χ3n) is 13.3. The second-order valence-electron chi connectivity index (χ2n) is 19.3. The number of hydrogen-bond acceptors (Lipinski definition) is 17. The molecule has 0 spiro atoms. The highest BCUT2D eigenvalue weighted by atomic mass is 16.7. The molecule has 0 radical (unpaired) electrons. The van der Waals surface area contributed by atoms with E-state index in [1.807, 2.05) is 0 Å². The van der Waals surface area contributed by atoms with Gasteiger partial charge in [0.25, 0.3) is 0 Å². The normalized spacial score (nSPS) is 25.3. The van der Waals surface area contributed by atoms with Crippen molar-refractivity contribution in [2.45, 2.75) is 204 Å². The summed E-state index contributed by atoms with van der Waals surface area (Å²) >= 11 is 0. The van der Waals surface area contributed by atoms with Crippen molar-refractivity contribution in [1.82, 2.24) is 21.3 Å². The van der Waals surface area contributed by atoms with Crippen LogP contribution in [0.2, 0.25) is 0 Å². The lowest BCUT2D eigenvalue weighted by molar-refractivity contribution is -0.282. The van der Waals surface area contributed by atoms with Gasteiger partial charge in [-0.25, -0.2) is 0 Å². The Labute approximate surface area is 421 Å². The van der Waals surface area contributed by atoms with E-state index in [9.17, 15) is 54.6 Å². The molecule has 0 aromatic rings. The fraction of sp³-hybridized carbons (Fsp3) is 0.900. The highest BCUT2D eigenvalue weighted by Crippen LogP contribution is 2.28. The SMILES string of the molecule is COCCCCCCNC(=O)CCCCCNC(=O)C(CCCCN)CC(=O)C(CCCCNC(=O)CCCCO[C@@H]1OC(CO)[C@H](O)[C@H](O)C1C)NC(=O)CCCCO[C@@H]1OC(CO)[C@H](O)[C@H](O)C1C. The van der Waals surface area contributed by atoms with Gasteiger partial charge in [0.05, 0.1) is 31.5 Å². The highest BCUT2D eigenvalue weighted by molar-refractivity contribution is 5.92. The van der Waals surface area contributed by atoms with Crippen LogP contribution in [0.1, 0.15) is 149 Å². The highest BCUT2D eigenvalue weighted by Gasteiger charge is 2.43. The second-order valence-corrected chi connectivity index (χ2v) is 19.3. The minimum absolute atomic E-state index is 0.0193. The fourth-order valence-corrected chi connectivity index (χ4v) is 8.60. The maximum atomic E-state index is 14.0. The summed E-state index contributed by atoms with van der Waals surface area (Å²) < 4.78 is 27.8. The van der Waals surface area contributed by atoms with Crippen molar-refractivity contribution in [2.75, 3.05) is 66.3 Å². The largest absolute Gasteiger partial charge is 0.394 e. The molecule has 0 saturated carbocycles. The van der Waals surface area contributed by atoms with Gasteiger partial charge in [0.2, 0.25) is 23.6 Å². The number of ether oxygens (including phenoxy) is 5. The number of amides is 4. The van der Waals surface area contributed by atoms with Crippen molar-refractivity contribution in [3.63, 3.8) is 0 Å². The first-order valence-electron chi connectivity index (χ1n) is 26.5. The predicted octanol–water partition coefficient (Wildman–Crippen LogP) is 0.986. The van der Waals surface area contributed by atoms with E-state index < -0.39 is 86.2 Å². The van der Waals surface area contributed by atoms with E-state index in [-0.39, 0.29) is 61.9 Å². The Bertz CT molecular complexity index is 1460. The minimum atomic E-state index is -1.24. The first-order chi connectivity index (χ1) is 34.2. The Balaban J connectivity index is 1.88. The van der Waals surface area contributed by atoms with Crippen LogP contribution in [0, 0.1) is 17.8 Å². The average molecular weight is 1020 g/mol. The number of rotatable bonds is 41. The molecule has 4 amide bonds. The molecule has 414 valence electrons. The molecule has 0 bridgehead atoms. The quantitative estimate of drug-likeness (QED) is 0.0381. The number of unbranched alkanes of at least 4 members (excludes halogenated alkanes) is 9. The van der Waals surface area contributed by atoms with E-state index >= 15 is 0 Å². The van der Waals surface area contributed by atoms with Crippen LogP contribution in [0.25, 0.3) is 0 Å². The third kappa shape index (κ3) is 26.2. The molecule has 2 heterocycles. The zero-order valence-corrected chi connectivity index (χ0v) is 43.0. The van der Waals surface area contributed by atoms with Gasteiger partial charge in [0.1, 0.15) is 24.4 Å². The smallest absolute Gasteiger partial charge is 0.223 e. The van der Waals surface area contributed by atoms with Gasteiger partial charge in [-0.15, -0.1) is 0 Å². The zero-order valence-electron chi connectivity index (χ0n) is 43.0. The topological polar surface area (TPSA) is 327 Å². The van der Waals surface area contributed by atoms with Gasteiger partial charge < -0.3 is 81.3 Å². The molecule has 12 N–H and O–H groups in total. The summed E-state index contributed by atoms with van der Waals surface area (Å²) in [6.07, 6.45) is 3.61. The maximum Gasteiger partial charge on any atom is 0.223 e. The van der Waals surface area contributed by atoms with Gasteiger partial charge in [-0.1, -0.05) is 39.5 Å². The number of aliphatic hydroxyl groups excluding tert-OH is 6. The van der Waals surface area contributed by atoms with Crippen molar-refractivity contribution in [3.8, 4) is 0 Å². The Kier molecular flexibility index (Phi) is 34.9. The van der Waals surface area contributed by atoms with Gasteiger partial charge >= 0.3 is 0 Å². The molecule has 12 atom stereocenters. The van der Waals surface area contributed by atoms with Gasteiger partial charge in [0, 0.05) is 90.0 Å². The van der Waals surface area contributed by atoms with Crippen molar-refractivity contribution >= 4 is 29.4 Å². The zero-order chi connectivity index (χ0) is 52.4. The summed E-state index contributed by atoms with van der Waals surface area (Å²) in [6.45, 7) is 5.45. The number of hydrogen-bond donors (Lipinski definition) is 11. The van der Waals surface area contributed by atoms with Crippen LogP contribution in [0.5, 0.6) is 0 Å². The predicted molar refractivity (Wildman–Crippen MR) is 263 cm³/mol. The summed E-state index contributed by atoms with van der Waals surface area (Å²) in [5, 5.41) is 71.4. The Hall–Kier alpha value is -2.93. The van der Waals surface area contributed by atoms with Gasteiger partial charge in [-0.3, -0.25) is 24.0 Å². The summed E-state index contributed by atoms with van der Waals surface area (Å²) in [5.74, 6) is -2.68. The Morgan fingerprint density at radius 2 is 1.00 bits per heavy atom. The van der Waals surface area contributed by atoms with E-state index in [0.29, 0.717) is 110 Å². The molecule has 2 aliphatic rings. The van der Waals surface area contributed by atoms with Gasteiger partial charge in [-0.05, 0) is 90.0 Å². The van der Waals surface area contributed by atoms with E-state index in [4.69, 9.17) is 29.4 Å². The third-order valence-corrected chi connectivity index (χ3v) is 13.3. The van der Waals surface area contributed by atoms with E-state index in [0.717, 1.165) is 38.7 Å². The molecule has 2 aliphatic heterocycles. The molecule has 2 fully saturated rings. The van der Waals surface area contributed by atoms with Crippen molar-refractivity contribution in [2.24, 2.45) is 23.5 Å². The number of methoxy groups -OCH3 is 1. The molecule has 6 unspecified atom stereocenters. The standard InChI is InChI=1S/C50H93N5O16/c1-34-44(62)46(64)39(32-56)70-49(34)68-29-17-10-22-42(60)53-26-15-9-20-37(55-43(61)23-11-18-30-69-50-35(2)45(63)47(65)40(33-57)71-50)38(58)31-36(19-8-12-24-51)48(66)54-27-14-6-7-21-41(59)52-25-13-4-5-16-28-67-3/h34-37,39-40,44-47,49-50,56-57,62-65H,4-33,51H2,1-3H3,(H,52,59)(H,53,60)(H,54,66)(H,55,61)/t34?,35?,36?,37?,39?,40?,44-,45-,46+,47+,49-,50-/m1/s1. The van der Waals surface area contributed by atoms with Crippen molar-refractivity contribution < 1.29 is 78.3 Å². The van der Waals surface area contributed by atoms with E-state index in [1.165, 1.54) is 0 Å². The van der Waals surface area contributed by atoms with Crippen LogP contribution in [0.4, 0.5) is 0 Å². The van der Waals surface area contributed by atoms with Crippen molar-refractivity contribution in [1.29, 1.82) is 0 Å². The molecule has 0 aliphatic carbocycles. The molecular weight excluding hydrogens is 927 g/mol.